The summed E-state index contributed by atoms with van der Waals surface area (Å²) in [5, 5.41) is 10.8. The minimum atomic E-state index is -0.532. The molecule has 0 spiro atoms. The molecule has 0 amide bonds. The van der Waals surface area contributed by atoms with Crippen LogP contribution in [0.5, 0.6) is 0 Å². The molecule has 1 aromatic heterocycles. The molecular weight excluding hydrogens is 246 g/mol. The number of aryl methyl sites for hydroxylation is 1. The molecule has 1 aromatic carbocycles. The molecule has 0 saturated heterocycles. The fraction of sp³-hybridized carbons (Fsp3) is 0.267. The van der Waals surface area contributed by atoms with E-state index in [1.165, 1.54) is 5.56 Å². The predicted octanol–water partition coefficient (Wildman–Crippen LogP) is 3.57. The zero-order valence-corrected chi connectivity index (χ0v) is 11.1. The average molecular weight is 262 g/mol. The predicted molar refractivity (Wildman–Crippen MR) is 73.7 cm³/mol. The highest BCUT2D eigenvalue weighted by atomic mass is 35.5. The minimum absolute atomic E-state index is 0.507. The second kappa shape index (κ2) is 5.98. The highest BCUT2D eigenvalue weighted by Crippen LogP contribution is 2.23. The Bertz CT molecular complexity index is 510. The van der Waals surface area contributed by atoms with Crippen molar-refractivity contribution in [1.82, 2.24) is 4.98 Å². The molecular formula is C15H16ClNO. The lowest BCUT2D eigenvalue weighted by atomic mass is 10.0. The maximum absolute atomic E-state index is 10.2. The van der Waals surface area contributed by atoms with Crippen LogP contribution in [0.3, 0.4) is 0 Å². The van der Waals surface area contributed by atoms with Crippen LogP contribution in [-0.4, -0.2) is 10.1 Å². The molecule has 1 unspecified atom stereocenters. The van der Waals surface area contributed by atoms with Crippen molar-refractivity contribution in [3.63, 3.8) is 0 Å². The van der Waals surface area contributed by atoms with E-state index in [2.05, 4.69) is 11.9 Å². The lowest BCUT2D eigenvalue weighted by Crippen LogP contribution is -2.02. The molecule has 94 valence electrons. The largest absolute Gasteiger partial charge is 0.388 e. The van der Waals surface area contributed by atoms with Crippen LogP contribution in [0.2, 0.25) is 5.02 Å². The van der Waals surface area contributed by atoms with Crippen molar-refractivity contribution in [1.29, 1.82) is 0 Å². The number of aliphatic hydroxyl groups is 1. The Kier molecular flexibility index (Phi) is 4.34. The van der Waals surface area contributed by atoms with Gasteiger partial charge in [-0.25, -0.2) is 0 Å². The van der Waals surface area contributed by atoms with E-state index in [0.29, 0.717) is 11.4 Å². The summed E-state index contributed by atoms with van der Waals surface area (Å²) >= 11 is 6.03. The fourth-order valence-corrected chi connectivity index (χ4v) is 2.07. The monoisotopic (exact) mass is 261 g/mol. The van der Waals surface area contributed by atoms with Crippen LogP contribution in [0.25, 0.3) is 0 Å². The first-order valence-corrected chi connectivity index (χ1v) is 6.43. The number of halogens is 1. The number of aliphatic hydroxyl groups excluding tert-OH is 1. The number of hydrogen-bond acceptors (Lipinski definition) is 2. The Hall–Kier alpha value is -1.38. The molecule has 18 heavy (non-hydrogen) atoms. The first-order valence-electron chi connectivity index (χ1n) is 6.06. The van der Waals surface area contributed by atoms with Gasteiger partial charge >= 0.3 is 0 Å². The molecule has 3 heteroatoms. The number of aromatic nitrogens is 1. The topological polar surface area (TPSA) is 33.1 Å². The summed E-state index contributed by atoms with van der Waals surface area (Å²) in [7, 11) is 0. The zero-order chi connectivity index (χ0) is 13.0. The third kappa shape index (κ3) is 3.09. The van der Waals surface area contributed by atoms with E-state index in [1.807, 2.05) is 30.3 Å². The smallest absolute Gasteiger partial charge is 0.0830 e. The molecule has 0 aliphatic heterocycles. The van der Waals surface area contributed by atoms with Crippen molar-refractivity contribution in [2.24, 2.45) is 0 Å². The second-order valence-corrected chi connectivity index (χ2v) is 4.69. The Morgan fingerprint density at radius 2 is 1.94 bits per heavy atom. The third-order valence-corrected chi connectivity index (χ3v) is 3.38. The molecule has 0 fully saturated rings. The zero-order valence-electron chi connectivity index (χ0n) is 10.3. The molecule has 0 saturated carbocycles. The van der Waals surface area contributed by atoms with Gasteiger partial charge in [0.1, 0.15) is 0 Å². The molecule has 0 bridgehead atoms. The van der Waals surface area contributed by atoms with Gasteiger partial charge in [-0.2, -0.15) is 0 Å². The molecule has 2 nitrogen and oxygen atoms in total. The number of pyridine rings is 1. The molecule has 1 heterocycles. The van der Waals surface area contributed by atoms with E-state index < -0.39 is 6.10 Å². The van der Waals surface area contributed by atoms with E-state index >= 15 is 0 Å². The lowest BCUT2D eigenvalue weighted by Gasteiger charge is -2.12. The van der Waals surface area contributed by atoms with Crippen LogP contribution >= 0.6 is 11.6 Å². The molecule has 0 radical (unpaired) electrons. The van der Waals surface area contributed by atoms with Crippen molar-refractivity contribution in [3.8, 4) is 0 Å². The van der Waals surface area contributed by atoms with Gasteiger partial charge in [-0.15, -0.1) is 0 Å². The molecule has 2 aromatic rings. The molecule has 0 aliphatic carbocycles. The van der Waals surface area contributed by atoms with Crippen molar-refractivity contribution in [2.75, 3.05) is 0 Å². The van der Waals surface area contributed by atoms with Crippen LogP contribution in [0.4, 0.5) is 0 Å². The first kappa shape index (κ1) is 13.1. The standard InChI is InChI=1S/C15H16ClNO/c1-2-11-3-5-12(6-4-11)15(18)9-13-7-8-17-10-14(13)16/h3-8,10,15,18H,2,9H2,1H3. The van der Waals surface area contributed by atoms with Gasteiger partial charge in [0.15, 0.2) is 0 Å². The molecule has 1 atom stereocenters. The Morgan fingerprint density at radius 1 is 1.22 bits per heavy atom. The van der Waals surface area contributed by atoms with Gasteiger partial charge in [-0.05, 0) is 29.2 Å². The maximum atomic E-state index is 10.2. The normalized spacial score (nSPS) is 12.4. The molecule has 1 N–H and O–H groups in total. The van der Waals surface area contributed by atoms with E-state index in [9.17, 15) is 5.11 Å². The minimum Gasteiger partial charge on any atom is -0.388 e. The average Bonchev–Trinajstić information content (AvgIpc) is 2.41. The number of benzene rings is 1. The Labute approximate surface area is 112 Å². The first-order chi connectivity index (χ1) is 8.70. The Balaban J connectivity index is 2.11. The van der Waals surface area contributed by atoms with E-state index in [4.69, 9.17) is 11.6 Å². The highest BCUT2D eigenvalue weighted by molar-refractivity contribution is 6.31. The summed E-state index contributed by atoms with van der Waals surface area (Å²) in [6, 6.07) is 9.88. The summed E-state index contributed by atoms with van der Waals surface area (Å²) < 4.78 is 0. The van der Waals surface area contributed by atoms with Gasteiger partial charge < -0.3 is 5.11 Å². The van der Waals surface area contributed by atoms with Gasteiger partial charge in [-0.1, -0.05) is 42.8 Å². The summed E-state index contributed by atoms with van der Waals surface area (Å²) in [5.41, 5.74) is 3.10. The lowest BCUT2D eigenvalue weighted by molar-refractivity contribution is 0.178. The molecule has 2 rings (SSSR count). The number of hydrogen-bond donors (Lipinski definition) is 1. The maximum Gasteiger partial charge on any atom is 0.0830 e. The summed E-state index contributed by atoms with van der Waals surface area (Å²) in [6.45, 7) is 2.11. The van der Waals surface area contributed by atoms with Crippen LogP contribution in [0.1, 0.15) is 29.7 Å². The van der Waals surface area contributed by atoms with Gasteiger partial charge in [-0.3, -0.25) is 4.98 Å². The quantitative estimate of drug-likeness (QED) is 0.913. The Morgan fingerprint density at radius 3 is 2.56 bits per heavy atom. The van der Waals surface area contributed by atoms with Crippen molar-refractivity contribution in [2.45, 2.75) is 25.9 Å². The van der Waals surface area contributed by atoms with Gasteiger partial charge in [0.05, 0.1) is 11.1 Å². The number of nitrogens with zero attached hydrogens (tertiary/aromatic N) is 1. The van der Waals surface area contributed by atoms with Crippen molar-refractivity contribution >= 4 is 11.6 Å². The van der Waals surface area contributed by atoms with E-state index in [0.717, 1.165) is 17.5 Å². The highest BCUT2D eigenvalue weighted by Gasteiger charge is 2.10. The van der Waals surface area contributed by atoms with E-state index in [1.54, 1.807) is 12.4 Å². The van der Waals surface area contributed by atoms with Gasteiger partial charge in [0, 0.05) is 18.8 Å². The van der Waals surface area contributed by atoms with Crippen LogP contribution in [0, 0.1) is 0 Å². The summed E-state index contributed by atoms with van der Waals surface area (Å²) in [4.78, 5) is 3.93. The van der Waals surface area contributed by atoms with Crippen molar-refractivity contribution < 1.29 is 5.11 Å². The SMILES string of the molecule is CCc1ccc(C(O)Cc2ccncc2Cl)cc1. The molecule has 0 aliphatic rings. The fourth-order valence-electron chi connectivity index (χ4n) is 1.87. The van der Waals surface area contributed by atoms with Crippen LogP contribution in [-0.2, 0) is 12.8 Å². The van der Waals surface area contributed by atoms with Gasteiger partial charge in [0.25, 0.3) is 0 Å². The van der Waals surface area contributed by atoms with Crippen LogP contribution in [0.15, 0.2) is 42.7 Å². The summed E-state index contributed by atoms with van der Waals surface area (Å²) in [6.07, 6.45) is 4.27. The van der Waals surface area contributed by atoms with E-state index in [-0.39, 0.29) is 0 Å². The van der Waals surface area contributed by atoms with Gasteiger partial charge in [0.2, 0.25) is 0 Å². The second-order valence-electron chi connectivity index (χ2n) is 4.28. The van der Waals surface area contributed by atoms with Crippen LogP contribution < -0.4 is 0 Å². The summed E-state index contributed by atoms with van der Waals surface area (Å²) in [5.74, 6) is 0. The third-order valence-electron chi connectivity index (χ3n) is 3.04. The van der Waals surface area contributed by atoms with Crippen molar-refractivity contribution in [3.05, 3.63) is 64.4 Å². The number of rotatable bonds is 4.